The lowest BCUT2D eigenvalue weighted by molar-refractivity contribution is 0.685. The average molecular weight is 265 g/mol. The van der Waals surface area contributed by atoms with E-state index in [1.807, 2.05) is 26.8 Å². The molecule has 0 aliphatic heterocycles. The summed E-state index contributed by atoms with van der Waals surface area (Å²) >= 11 is 1.45. The van der Waals surface area contributed by atoms with Gasteiger partial charge < -0.3 is 5.32 Å². The first-order valence-electron chi connectivity index (χ1n) is 5.71. The minimum atomic E-state index is -0.243. The molecule has 18 heavy (non-hydrogen) atoms. The number of hydrogen-bond acceptors (Lipinski definition) is 6. The van der Waals surface area contributed by atoms with Gasteiger partial charge in [0, 0.05) is 17.9 Å². The second-order valence-electron chi connectivity index (χ2n) is 3.94. The zero-order valence-corrected chi connectivity index (χ0v) is 11.4. The van der Waals surface area contributed by atoms with E-state index in [-0.39, 0.29) is 5.69 Å². The normalized spacial score (nSPS) is 10.6. The number of rotatable bonds is 4. The van der Waals surface area contributed by atoms with Gasteiger partial charge in [-0.05, 0) is 26.8 Å². The monoisotopic (exact) mass is 265 g/mol. The third kappa shape index (κ3) is 2.73. The summed E-state index contributed by atoms with van der Waals surface area (Å²) in [6, 6.07) is 1.88. The van der Waals surface area contributed by atoms with E-state index in [2.05, 4.69) is 20.5 Å². The van der Waals surface area contributed by atoms with Gasteiger partial charge in [0.05, 0.1) is 6.54 Å². The van der Waals surface area contributed by atoms with Gasteiger partial charge in [0.1, 0.15) is 5.01 Å². The molecular formula is C11H15N5OS. The molecule has 0 atom stereocenters. The quantitative estimate of drug-likeness (QED) is 0.899. The molecule has 6 nitrogen and oxygen atoms in total. The minimum Gasteiger partial charge on any atom is -0.360 e. The van der Waals surface area contributed by atoms with Crippen LogP contribution in [0.3, 0.4) is 0 Å². The van der Waals surface area contributed by atoms with E-state index in [1.54, 1.807) is 4.57 Å². The highest BCUT2D eigenvalue weighted by Gasteiger charge is 2.08. The molecule has 1 N–H and O–H groups in total. The lowest BCUT2D eigenvalue weighted by Gasteiger charge is -2.06. The Morgan fingerprint density at radius 1 is 1.39 bits per heavy atom. The van der Waals surface area contributed by atoms with Crippen LogP contribution in [0.5, 0.6) is 0 Å². The Kier molecular flexibility index (Phi) is 3.71. The van der Waals surface area contributed by atoms with Crippen LogP contribution >= 0.6 is 11.3 Å². The van der Waals surface area contributed by atoms with Gasteiger partial charge in [-0.1, -0.05) is 11.3 Å². The summed E-state index contributed by atoms with van der Waals surface area (Å²) in [5.41, 5.74) is 1.37. The van der Waals surface area contributed by atoms with Crippen molar-refractivity contribution in [3.05, 3.63) is 32.9 Å². The molecule has 96 valence electrons. The lowest BCUT2D eigenvalue weighted by atomic mass is 10.3. The van der Waals surface area contributed by atoms with Crippen LogP contribution in [-0.4, -0.2) is 26.3 Å². The van der Waals surface area contributed by atoms with Crippen LogP contribution in [0.4, 0.5) is 5.13 Å². The average Bonchev–Trinajstić information content (AvgIpc) is 2.72. The van der Waals surface area contributed by atoms with E-state index >= 15 is 0 Å². The summed E-state index contributed by atoms with van der Waals surface area (Å²) in [5, 5.41) is 12.7. The van der Waals surface area contributed by atoms with Gasteiger partial charge in [-0.25, -0.2) is 4.79 Å². The molecule has 0 bridgehead atoms. The minimum absolute atomic E-state index is 0.243. The number of nitrogens with zero attached hydrogens (tertiary/aromatic N) is 4. The fraction of sp³-hybridized carbons (Fsp3) is 0.455. The van der Waals surface area contributed by atoms with Gasteiger partial charge in [0.15, 0.2) is 0 Å². The van der Waals surface area contributed by atoms with Crippen LogP contribution in [0.1, 0.15) is 23.3 Å². The van der Waals surface area contributed by atoms with Gasteiger partial charge >= 0.3 is 5.69 Å². The first kappa shape index (κ1) is 12.7. The van der Waals surface area contributed by atoms with Gasteiger partial charge in [-0.2, -0.15) is 4.98 Å². The summed E-state index contributed by atoms with van der Waals surface area (Å²) in [4.78, 5) is 15.7. The molecule has 0 aromatic carbocycles. The van der Waals surface area contributed by atoms with Gasteiger partial charge in [0.2, 0.25) is 5.13 Å². The Labute approximate surface area is 109 Å². The van der Waals surface area contributed by atoms with Crippen LogP contribution in [0.15, 0.2) is 10.9 Å². The zero-order valence-electron chi connectivity index (χ0n) is 10.6. The van der Waals surface area contributed by atoms with Crippen LogP contribution in [0.2, 0.25) is 0 Å². The molecule has 0 saturated heterocycles. The molecule has 0 saturated carbocycles. The SMILES string of the molecule is CCNc1nnc(Cn2c(C)cc(C)nc2=O)s1. The molecule has 7 heteroatoms. The molecule has 0 aliphatic carbocycles. The van der Waals surface area contributed by atoms with Crippen molar-refractivity contribution in [2.45, 2.75) is 27.3 Å². The Balaban J connectivity index is 2.25. The zero-order chi connectivity index (χ0) is 13.1. The van der Waals surface area contributed by atoms with Crippen LogP contribution in [-0.2, 0) is 6.54 Å². The maximum atomic E-state index is 11.8. The third-order valence-corrected chi connectivity index (χ3v) is 3.30. The number of aromatic nitrogens is 4. The molecule has 2 aromatic heterocycles. The van der Waals surface area contributed by atoms with Gasteiger partial charge in [-0.15, -0.1) is 10.2 Å². The highest BCUT2D eigenvalue weighted by Crippen LogP contribution is 2.15. The molecule has 2 rings (SSSR count). The summed E-state index contributed by atoms with van der Waals surface area (Å²) in [5.74, 6) is 0. The van der Waals surface area contributed by atoms with Crippen molar-refractivity contribution in [2.24, 2.45) is 0 Å². The maximum absolute atomic E-state index is 11.8. The molecular weight excluding hydrogens is 250 g/mol. The van der Waals surface area contributed by atoms with Gasteiger partial charge in [-0.3, -0.25) is 4.57 Å². The predicted molar refractivity (Wildman–Crippen MR) is 71.1 cm³/mol. The third-order valence-electron chi connectivity index (χ3n) is 2.43. The topological polar surface area (TPSA) is 72.7 Å². The summed E-state index contributed by atoms with van der Waals surface area (Å²) in [7, 11) is 0. The Bertz CT molecular complexity index is 604. The highest BCUT2D eigenvalue weighted by atomic mass is 32.1. The summed E-state index contributed by atoms with van der Waals surface area (Å²) < 4.78 is 1.60. The van der Waals surface area contributed by atoms with E-state index in [0.717, 1.165) is 28.1 Å². The Hall–Kier alpha value is -1.76. The van der Waals surface area contributed by atoms with E-state index in [4.69, 9.17) is 0 Å². The van der Waals surface area contributed by atoms with E-state index in [9.17, 15) is 4.79 Å². The lowest BCUT2D eigenvalue weighted by Crippen LogP contribution is -2.26. The van der Waals surface area contributed by atoms with E-state index in [1.165, 1.54) is 11.3 Å². The second kappa shape index (κ2) is 5.26. The first-order valence-corrected chi connectivity index (χ1v) is 6.53. The number of hydrogen-bond donors (Lipinski definition) is 1. The smallest absolute Gasteiger partial charge is 0.348 e. The number of anilines is 1. The van der Waals surface area contributed by atoms with Crippen molar-refractivity contribution in [2.75, 3.05) is 11.9 Å². The summed E-state index contributed by atoms with van der Waals surface area (Å²) in [6.07, 6.45) is 0. The number of aryl methyl sites for hydroxylation is 2. The van der Waals surface area contributed by atoms with Crippen molar-refractivity contribution in [3.8, 4) is 0 Å². The van der Waals surface area contributed by atoms with Crippen molar-refractivity contribution < 1.29 is 0 Å². The first-order chi connectivity index (χ1) is 8.60. The van der Waals surface area contributed by atoms with Crippen molar-refractivity contribution in [1.29, 1.82) is 0 Å². The molecule has 0 aliphatic rings. The van der Waals surface area contributed by atoms with Crippen molar-refractivity contribution in [1.82, 2.24) is 19.7 Å². The molecule has 0 fully saturated rings. The van der Waals surface area contributed by atoms with Crippen molar-refractivity contribution >= 4 is 16.5 Å². The van der Waals surface area contributed by atoms with Gasteiger partial charge in [0.25, 0.3) is 0 Å². The Morgan fingerprint density at radius 3 is 2.83 bits per heavy atom. The molecule has 0 unspecified atom stereocenters. The largest absolute Gasteiger partial charge is 0.360 e. The van der Waals surface area contributed by atoms with Crippen LogP contribution < -0.4 is 11.0 Å². The molecule has 2 aromatic rings. The van der Waals surface area contributed by atoms with Crippen molar-refractivity contribution in [3.63, 3.8) is 0 Å². The Morgan fingerprint density at radius 2 is 2.17 bits per heavy atom. The second-order valence-corrected chi connectivity index (χ2v) is 5.00. The molecule has 0 radical (unpaired) electrons. The molecule has 2 heterocycles. The fourth-order valence-corrected chi connectivity index (χ4v) is 2.44. The van der Waals surface area contributed by atoms with E-state index < -0.39 is 0 Å². The predicted octanol–water partition coefficient (Wildman–Crippen LogP) is 1.19. The molecule has 0 spiro atoms. The highest BCUT2D eigenvalue weighted by molar-refractivity contribution is 7.15. The maximum Gasteiger partial charge on any atom is 0.348 e. The van der Waals surface area contributed by atoms with E-state index in [0.29, 0.717) is 6.54 Å². The standard InChI is InChI=1S/C11H15N5OS/c1-4-12-10-15-14-9(18-10)6-16-8(3)5-7(2)13-11(16)17/h5H,4,6H2,1-3H3,(H,12,15). The summed E-state index contributed by atoms with van der Waals surface area (Å²) in [6.45, 7) is 6.93. The van der Waals surface area contributed by atoms with Crippen LogP contribution in [0.25, 0.3) is 0 Å². The fourth-order valence-electron chi connectivity index (χ4n) is 1.64. The molecule has 0 amide bonds. The van der Waals surface area contributed by atoms with Crippen LogP contribution in [0, 0.1) is 13.8 Å². The number of nitrogens with one attached hydrogen (secondary N) is 1.